The van der Waals surface area contributed by atoms with Crippen LogP contribution in [0, 0.1) is 18.3 Å². The minimum absolute atomic E-state index is 0.533. The number of nitrogens with zero attached hydrogens (tertiary/aromatic N) is 2. The van der Waals surface area contributed by atoms with Crippen LogP contribution in [0.5, 0.6) is 0 Å². The monoisotopic (exact) mass is 314 g/mol. The fraction of sp³-hybridized carbons (Fsp3) is 0.318. The van der Waals surface area contributed by atoms with Gasteiger partial charge in [-0.2, -0.15) is 5.26 Å². The molecule has 24 heavy (non-hydrogen) atoms. The van der Waals surface area contributed by atoms with Gasteiger partial charge in [-0.15, -0.1) is 0 Å². The van der Waals surface area contributed by atoms with Crippen LogP contribution in [0.3, 0.4) is 0 Å². The van der Waals surface area contributed by atoms with Crippen LogP contribution in [0.1, 0.15) is 41.5 Å². The third-order valence-corrected chi connectivity index (χ3v) is 5.48. The molecule has 2 heterocycles. The highest BCUT2D eigenvalue weighted by atomic mass is 15.2. The number of hydrogen-bond acceptors (Lipinski definition) is 2. The highest BCUT2D eigenvalue weighted by Gasteiger charge is 2.36. The summed E-state index contributed by atoms with van der Waals surface area (Å²) < 4.78 is 0. The van der Waals surface area contributed by atoms with Crippen molar-refractivity contribution in [2.24, 2.45) is 0 Å². The molecule has 0 radical (unpaired) electrons. The first kappa shape index (κ1) is 15.2. The fourth-order valence-electron chi connectivity index (χ4n) is 4.11. The Morgan fingerprint density at radius 1 is 1.12 bits per heavy atom. The van der Waals surface area contributed by atoms with E-state index in [1.807, 2.05) is 6.92 Å². The fourth-order valence-corrected chi connectivity index (χ4v) is 4.11. The summed E-state index contributed by atoms with van der Waals surface area (Å²) in [5, 5.41) is 9.29. The number of aryl methyl sites for hydroxylation is 1. The van der Waals surface area contributed by atoms with Gasteiger partial charge in [-0.1, -0.05) is 48.5 Å². The van der Waals surface area contributed by atoms with Crippen LogP contribution in [-0.4, -0.2) is 17.0 Å². The van der Waals surface area contributed by atoms with Crippen LogP contribution >= 0.6 is 0 Å². The van der Waals surface area contributed by atoms with E-state index in [1.165, 1.54) is 29.5 Å². The Bertz CT molecular complexity index is 814. The second-order valence-corrected chi connectivity index (χ2v) is 6.99. The van der Waals surface area contributed by atoms with Crippen LogP contribution in [0.25, 0.3) is 5.57 Å². The topological polar surface area (TPSA) is 27.0 Å². The highest BCUT2D eigenvalue weighted by Crippen LogP contribution is 2.39. The average molecular weight is 314 g/mol. The van der Waals surface area contributed by atoms with E-state index >= 15 is 0 Å². The van der Waals surface area contributed by atoms with Gasteiger partial charge in [0.1, 0.15) is 0 Å². The number of benzene rings is 2. The Balaban J connectivity index is 1.59. The Morgan fingerprint density at radius 3 is 2.71 bits per heavy atom. The lowest BCUT2D eigenvalue weighted by atomic mass is 9.92. The first-order valence-electron chi connectivity index (χ1n) is 8.76. The molecule has 2 aromatic carbocycles. The number of fused-ring (bicyclic) bond motifs is 2. The SMILES string of the molecule is Cc1ccc(C2=CC3CCC(C2)N3Cc2ccccc2)cc1C#N. The molecule has 0 N–H and O–H groups in total. The number of hydrogen-bond donors (Lipinski definition) is 0. The summed E-state index contributed by atoms with van der Waals surface area (Å²) in [6.45, 7) is 3.04. The van der Waals surface area contributed by atoms with E-state index in [0.717, 1.165) is 24.1 Å². The average Bonchev–Trinajstić information content (AvgIpc) is 2.84. The molecule has 2 bridgehead atoms. The zero-order chi connectivity index (χ0) is 16.5. The van der Waals surface area contributed by atoms with Gasteiger partial charge in [0.05, 0.1) is 11.6 Å². The van der Waals surface area contributed by atoms with Crippen molar-refractivity contribution in [1.29, 1.82) is 5.26 Å². The predicted molar refractivity (Wildman–Crippen MR) is 97.3 cm³/mol. The molecule has 2 aromatic rings. The minimum atomic E-state index is 0.533. The standard InChI is InChI=1S/C22H22N2/c1-16-7-8-18(11-20(16)14-23)19-12-21-9-10-22(13-19)24(21)15-17-5-3-2-4-6-17/h2-8,11-12,21-22H,9-10,13,15H2,1H3. The quantitative estimate of drug-likeness (QED) is 0.822. The third-order valence-electron chi connectivity index (χ3n) is 5.48. The molecule has 2 nitrogen and oxygen atoms in total. The zero-order valence-corrected chi connectivity index (χ0v) is 14.1. The molecule has 0 aliphatic carbocycles. The third kappa shape index (κ3) is 2.77. The van der Waals surface area contributed by atoms with Gasteiger partial charge in [0.2, 0.25) is 0 Å². The lowest BCUT2D eigenvalue weighted by molar-refractivity contribution is 0.203. The summed E-state index contributed by atoms with van der Waals surface area (Å²) in [6, 6.07) is 20.6. The molecule has 120 valence electrons. The van der Waals surface area contributed by atoms with Gasteiger partial charge in [-0.3, -0.25) is 4.90 Å². The molecule has 2 aliphatic rings. The van der Waals surface area contributed by atoms with E-state index in [2.05, 4.69) is 65.6 Å². The van der Waals surface area contributed by atoms with Gasteiger partial charge in [0.25, 0.3) is 0 Å². The number of nitriles is 1. The Morgan fingerprint density at radius 2 is 1.96 bits per heavy atom. The lowest BCUT2D eigenvalue weighted by Crippen LogP contribution is -2.37. The molecule has 2 heteroatoms. The largest absolute Gasteiger partial charge is 0.289 e. The molecule has 0 amide bonds. The molecule has 0 saturated carbocycles. The van der Waals surface area contributed by atoms with Crippen molar-refractivity contribution in [3.8, 4) is 6.07 Å². The maximum absolute atomic E-state index is 9.29. The van der Waals surface area contributed by atoms with Crippen molar-refractivity contribution in [1.82, 2.24) is 4.90 Å². The summed E-state index contributed by atoms with van der Waals surface area (Å²) in [5.41, 5.74) is 5.91. The van der Waals surface area contributed by atoms with E-state index in [4.69, 9.17) is 0 Å². The second kappa shape index (κ2) is 6.26. The smallest absolute Gasteiger partial charge is 0.0994 e. The van der Waals surface area contributed by atoms with E-state index in [9.17, 15) is 5.26 Å². The van der Waals surface area contributed by atoms with Gasteiger partial charge >= 0.3 is 0 Å². The van der Waals surface area contributed by atoms with Gasteiger partial charge < -0.3 is 0 Å². The maximum atomic E-state index is 9.29. The molecule has 2 atom stereocenters. The molecule has 2 unspecified atom stereocenters. The van der Waals surface area contributed by atoms with E-state index in [-0.39, 0.29) is 0 Å². The predicted octanol–water partition coefficient (Wildman–Crippen LogP) is 4.69. The first-order chi connectivity index (χ1) is 11.7. The summed E-state index contributed by atoms with van der Waals surface area (Å²) in [6.07, 6.45) is 6.06. The van der Waals surface area contributed by atoms with Crippen LogP contribution < -0.4 is 0 Å². The molecule has 1 saturated heterocycles. The summed E-state index contributed by atoms with van der Waals surface area (Å²) in [7, 11) is 0. The zero-order valence-electron chi connectivity index (χ0n) is 14.1. The summed E-state index contributed by atoms with van der Waals surface area (Å²) in [4.78, 5) is 2.65. The van der Waals surface area contributed by atoms with Crippen LogP contribution in [0.2, 0.25) is 0 Å². The van der Waals surface area contributed by atoms with Crippen molar-refractivity contribution in [2.45, 2.75) is 44.8 Å². The molecule has 2 aliphatic heterocycles. The molecular weight excluding hydrogens is 292 g/mol. The van der Waals surface area contributed by atoms with Gasteiger partial charge in [-0.25, -0.2) is 0 Å². The number of rotatable bonds is 3. The normalized spacial score (nSPS) is 22.9. The maximum Gasteiger partial charge on any atom is 0.0994 e. The van der Waals surface area contributed by atoms with Gasteiger partial charge in [0, 0.05) is 18.6 Å². The summed E-state index contributed by atoms with van der Waals surface area (Å²) >= 11 is 0. The van der Waals surface area contributed by atoms with Crippen molar-refractivity contribution in [3.63, 3.8) is 0 Å². The molecule has 0 spiro atoms. The van der Waals surface area contributed by atoms with Crippen LogP contribution in [0.4, 0.5) is 0 Å². The second-order valence-electron chi connectivity index (χ2n) is 6.99. The van der Waals surface area contributed by atoms with Crippen molar-refractivity contribution < 1.29 is 0 Å². The first-order valence-corrected chi connectivity index (χ1v) is 8.76. The van der Waals surface area contributed by atoms with Crippen molar-refractivity contribution >= 4 is 5.57 Å². The van der Waals surface area contributed by atoms with E-state index in [0.29, 0.717) is 12.1 Å². The molecule has 1 fully saturated rings. The van der Waals surface area contributed by atoms with Gasteiger partial charge in [-0.05, 0) is 54.5 Å². The molecule has 4 rings (SSSR count). The van der Waals surface area contributed by atoms with E-state index in [1.54, 1.807) is 0 Å². The van der Waals surface area contributed by atoms with Crippen LogP contribution in [-0.2, 0) is 6.54 Å². The van der Waals surface area contributed by atoms with E-state index < -0.39 is 0 Å². The molecule has 0 aromatic heterocycles. The summed E-state index contributed by atoms with van der Waals surface area (Å²) in [5.74, 6) is 0. The highest BCUT2D eigenvalue weighted by molar-refractivity contribution is 5.69. The van der Waals surface area contributed by atoms with Gasteiger partial charge in [0.15, 0.2) is 0 Å². The molecular formula is C22H22N2. The Labute approximate surface area is 144 Å². The minimum Gasteiger partial charge on any atom is -0.289 e. The van der Waals surface area contributed by atoms with Crippen molar-refractivity contribution in [3.05, 3.63) is 76.9 Å². The Hall–Kier alpha value is -2.37. The lowest BCUT2D eigenvalue weighted by Gasteiger charge is -2.34. The van der Waals surface area contributed by atoms with Crippen molar-refractivity contribution in [2.75, 3.05) is 0 Å². The Kier molecular flexibility index (Phi) is 3.96. The van der Waals surface area contributed by atoms with Crippen LogP contribution in [0.15, 0.2) is 54.6 Å².